The molecule has 1 amide bonds. The summed E-state index contributed by atoms with van der Waals surface area (Å²) in [5.41, 5.74) is -1.36. The highest BCUT2D eigenvalue weighted by Gasteiger charge is 2.37. The first-order valence-corrected chi connectivity index (χ1v) is 8.63. The largest absolute Gasteiger partial charge is 0.418 e. The van der Waals surface area contributed by atoms with Crippen LogP contribution in [-0.4, -0.2) is 21.6 Å². The number of carbonyl (C=O) groups is 1. The number of hydrogen-bond donors (Lipinski definition) is 2. The number of rotatable bonds is 5. The molecule has 0 aliphatic rings. The van der Waals surface area contributed by atoms with E-state index in [-0.39, 0.29) is 17.8 Å². The number of hydrogen-bond acceptors (Lipinski definition) is 4. The minimum absolute atomic E-state index is 0.109. The van der Waals surface area contributed by atoms with E-state index in [4.69, 9.17) is 0 Å². The molecule has 6 nitrogen and oxygen atoms in total. The van der Waals surface area contributed by atoms with Crippen molar-refractivity contribution in [1.82, 2.24) is 15.2 Å². The van der Waals surface area contributed by atoms with Crippen LogP contribution < -0.4 is 10.2 Å². The van der Waals surface area contributed by atoms with Crippen molar-refractivity contribution in [2.24, 2.45) is 0 Å². The number of nitrogens with one attached hydrogen (secondary N) is 2. The van der Waals surface area contributed by atoms with E-state index in [9.17, 15) is 22.4 Å². The third kappa shape index (κ3) is 3.54. The first kappa shape index (κ1) is 19.4. The SMILES string of the molecule is O=CN(c1cccnc1)c1c(F)ccc(C(F)(F)F)c1Nc1ccc2cn[nH]c2c1. The van der Waals surface area contributed by atoms with Crippen LogP contribution in [0.1, 0.15) is 5.56 Å². The fourth-order valence-corrected chi connectivity index (χ4v) is 3.06. The molecule has 2 N–H and O–H groups in total. The molecule has 4 aromatic rings. The van der Waals surface area contributed by atoms with Gasteiger partial charge in [0.05, 0.1) is 34.8 Å². The summed E-state index contributed by atoms with van der Waals surface area (Å²) in [5, 5.41) is 9.96. The Morgan fingerprint density at radius 2 is 1.93 bits per heavy atom. The predicted octanol–water partition coefficient (Wildman–Crippen LogP) is 5.15. The highest BCUT2D eigenvalue weighted by Crippen LogP contribution is 2.44. The van der Waals surface area contributed by atoms with Crippen LogP contribution in [0.15, 0.2) is 61.1 Å². The molecule has 2 aromatic carbocycles. The number of halogens is 4. The zero-order valence-electron chi connectivity index (χ0n) is 15.1. The van der Waals surface area contributed by atoms with Gasteiger partial charge in [-0.2, -0.15) is 18.3 Å². The molecule has 152 valence electrons. The van der Waals surface area contributed by atoms with Crippen LogP contribution in [0, 0.1) is 5.82 Å². The number of amides is 1. The maximum atomic E-state index is 14.8. The van der Waals surface area contributed by atoms with E-state index in [1.54, 1.807) is 12.3 Å². The van der Waals surface area contributed by atoms with Crippen molar-refractivity contribution in [3.63, 3.8) is 0 Å². The molecule has 0 radical (unpaired) electrons. The second-order valence-electron chi connectivity index (χ2n) is 6.30. The monoisotopic (exact) mass is 415 g/mol. The molecule has 0 fully saturated rings. The van der Waals surface area contributed by atoms with E-state index in [0.717, 1.165) is 10.3 Å². The maximum Gasteiger partial charge on any atom is 0.418 e. The minimum Gasteiger partial charge on any atom is -0.353 e. The number of pyridine rings is 1. The van der Waals surface area contributed by atoms with Gasteiger partial charge in [-0.25, -0.2) is 4.39 Å². The van der Waals surface area contributed by atoms with E-state index in [1.807, 2.05) is 0 Å². The molecule has 0 aliphatic carbocycles. The van der Waals surface area contributed by atoms with Gasteiger partial charge < -0.3 is 5.32 Å². The Bertz CT molecular complexity index is 1210. The lowest BCUT2D eigenvalue weighted by Crippen LogP contribution is -2.20. The Labute approximate surface area is 167 Å². The average Bonchev–Trinajstić information content (AvgIpc) is 3.18. The summed E-state index contributed by atoms with van der Waals surface area (Å²) in [6.07, 6.45) is -0.335. The molecule has 0 spiro atoms. The number of nitrogens with zero attached hydrogens (tertiary/aromatic N) is 3. The van der Waals surface area contributed by atoms with Crippen molar-refractivity contribution in [2.75, 3.05) is 10.2 Å². The number of anilines is 4. The van der Waals surface area contributed by atoms with E-state index in [2.05, 4.69) is 20.5 Å². The second kappa shape index (κ2) is 7.47. The molecule has 4 rings (SSSR count). The lowest BCUT2D eigenvalue weighted by atomic mass is 10.1. The normalized spacial score (nSPS) is 11.5. The van der Waals surface area contributed by atoms with E-state index >= 15 is 0 Å². The van der Waals surface area contributed by atoms with Gasteiger partial charge in [-0.05, 0) is 42.5 Å². The molecular formula is C20H13F4N5O. The first-order valence-electron chi connectivity index (χ1n) is 8.63. The first-order chi connectivity index (χ1) is 14.4. The lowest BCUT2D eigenvalue weighted by molar-refractivity contribution is -0.137. The van der Waals surface area contributed by atoms with E-state index in [0.29, 0.717) is 17.6 Å². The molecule has 0 aliphatic heterocycles. The summed E-state index contributed by atoms with van der Waals surface area (Å²) in [6, 6.07) is 8.93. The van der Waals surface area contributed by atoms with Crippen LogP contribution in [0.4, 0.5) is 40.3 Å². The quantitative estimate of drug-likeness (QED) is 0.349. The molecule has 0 unspecified atom stereocenters. The highest BCUT2D eigenvalue weighted by molar-refractivity contribution is 5.95. The number of fused-ring (bicyclic) bond motifs is 1. The molecule has 0 saturated carbocycles. The van der Waals surface area contributed by atoms with Gasteiger partial charge in [0, 0.05) is 17.3 Å². The Balaban J connectivity index is 1.91. The van der Waals surface area contributed by atoms with Crippen LogP contribution in [0.3, 0.4) is 0 Å². The van der Waals surface area contributed by atoms with Crippen LogP contribution in [0.2, 0.25) is 0 Å². The summed E-state index contributed by atoms with van der Waals surface area (Å²) in [5.74, 6) is -1.01. The molecule has 30 heavy (non-hydrogen) atoms. The number of alkyl halides is 3. The van der Waals surface area contributed by atoms with Gasteiger partial charge in [0.25, 0.3) is 0 Å². The molecule has 2 heterocycles. The third-order valence-corrected chi connectivity index (χ3v) is 4.42. The Morgan fingerprint density at radius 3 is 2.63 bits per heavy atom. The molecular weight excluding hydrogens is 402 g/mol. The van der Waals surface area contributed by atoms with Crippen molar-refractivity contribution in [3.05, 3.63) is 72.4 Å². The number of benzene rings is 2. The van der Waals surface area contributed by atoms with Crippen molar-refractivity contribution in [2.45, 2.75) is 6.18 Å². The van der Waals surface area contributed by atoms with Crippen molar-refractivity contribution in [3.8, 4) is 0 Å². The predicted molar refractivity (Wildman–Crippen MR) is 103 cm³/mol. The van der Waals surface area contributed by atoms with Crippen molar-refractivity contribution >= 4 is 40.1 Å². The molecule has 10 heteroatoms. The summed E-state index contributed by atoms with van der Waals surface area (Å²) >= 11 is 0. The standard InChI is InChI=1S/C20H13F4N5O/c21-16-6-5-15(20(22,23)24)18(19(16)29(11-30)14-2-1-7-25-10-14)27-13-4-3-12-9-26-28-17(12)8-13/h1-11,27H,(H,26,28). The fourth-order valence-electron chi connectivity index (χ4n) is 3.06. The maximum absolute atomic E-state index is 14.8. The van der Waals surface area contributed by atoms with Crippen LogP contribution in [0.25, 0.3) is 10.9 Å². The Morgan fingerprint density at radius 1 is 1.10 bits per heavy atom. The van der Waals surface area contributed by atoms with Gasteiger partial charge in [0.15, 0.2) is 0 Å². The second-order valence-corrected chi connectivity index (χ2v) is 6.30. The number of H-pyrrole nitrogens is 1. The van der Waals surface area contributed by atoms with Crippen molar-refractivity contribution < 1.29 is 22.4 Å². The van der Waals surface area contributed by atoms with Gasteiger partial charge in [0.1, 0.15) is 11.5 Å². The van der Waals surface area contributed by atoms with Gasteiger partial charge in [-0.15, -0.1) is 0 Å². The van der Waals surface area contributed by atoms with Crippen LogP contribution in [-0.2, 0) is 11.0 Å². The van der Waals surface area contributed by atoms with Gasteiger partial charge in [0.2, 0.25) is 6.41 Å². The van der Waals surface area contributed by atoms with E-state index in [1.165, 1.54) is 36.7 Å². The smallest absolute Gasteiger partial charge is 0.353 e. The summed E-state index contributed by atoms with van der Waals surface area (Å²) in [4.78, 5) is 16.4. The number of aromatic nitrogens is 3. The topological polar surface area (TPSA) is 73.9 Å². The highest BCUT2D eigenvalue weighted by atomic mass is 19.4. The summed E-state index contributed by atoms with van der Waals surface area (Å²) in [6.45, 7) is 0. The van der Waals surface area contributed by atoms with Gasteiger partial charge in [-0.3, -0.25) is 19.8 Å². The van der Waals surface area contributed by atoms with Crippen LogP contribution in [0.5, 0.6) is 0 Å². The number of carbonyl (C=O) groups excluding carboxylic acids is 1. The summed E-state index contributed by atoms with van der Waals surface area (Å²) < 4.78 is 56.0. The fraction of sp³-hybridized carbons (Fsp3) is 0.0500. The van der Waals surface area contributed by atoms with Crippen LogP contribution >= 0.6 is 0 Å². The molecule has 0 bridgehead atoms. The molecule has 0 atom stereocenters. The van der Waals surface area contributed by atoms with E-state index < -0.39 is 28.9 Å². The number of aromatic amines is 1. The Hall–Kier alpha value is -3.95. The average molecular weight is 415 g/mol. The Kier molecular flexibility index (Phi) is 4.82. The third-order valence-electron chi connectivity index (χ3n) is 4.42. The molecule has 2 aromatic heterocycles. The molecule has 0 saturated heterocycles. The van der Waals surface area contributed by atoms with Gasteiger partial charge >= 0.3 is 6.18 Å². The van der Waals surface area contributed by atoms with Gasteiger partial charge in [-0.1, -0.05) is 0 Å². The zero-order chi connectivity index (χ0) is 21.3. The minimum atomic E-state index is -4.80. The van der Waals surface area contributed by atoms with Crippen molar-refractivity contribution in [1.29, 1.82) is 0 Å². The lowest BCUT2D eigenvalue weighted by Gasteiger charge is -2.25. The summed E-state index contributed by atoms with van der Waals surface area (Å²) in [7, 11) is 0. The zero-order valence-corrected chi connectivity index (χ0v) is 15.1.